The molecule has 0 amide bonds. The molecule has 1 aromatic carbocycles. The predicted molar refractivity (Wildman–Crippen MR) is 93.6 cm³/mol. The summed E-state index contributed by atoms with van der Waals surface area (Å²) in [5.41, 5.74) is 1.11. The van der Waals surface area contributed by atoms with E-state index in [9.17, 15) is 13.2 Å². The molecule has 0 spiro atoms. The zero-order valence-electron chi connectivity index (χ0n) is 12.7. The molecule has 0 aliphatic carbocycles. The van der Waals surface area contributed by atoms with Crippen LogP contribution in [-0.2, 0) is 6.54 Å². The van der Waals surface area contributed by atoms with Gasteiger partial charge in [0.15, 0.2) is 5.96 Å². The molecule has 1 aromatic rings. The van der Waals surface area contributed by atoms with Gasteiger partial charge < -0.3 is 10.6 Å². The number of nitrogens with zero attached hydrogens (tertiary/aromatic N) is 2. The SMILES string of the molecule is CN=C(NCCN(C)CC(F)(F)F)NCc1ccccc1.I. The van der Waals surface area contributed by atoms with Gasteiger partial charge in [-0.3, -0.25) is 9.89 Å². The van der Waals surface area contributed by atoms with Crippen LogP contribution >= 0.6 is 24.0 Å². The van der Waals surface area contributed by atoms with E-state index in [0.29, 0.717) is 19.0 Å². The maximum atomic E-state index is 12.2. The van der Waals surface area contributed by atoms with Crippen molar-refractivity contribution in [3.63, 3.8) is 0 Å². The smallest absolute Gasteiger partial charge is 0.355 e. The minimum absolute atomic E-state index is 0. The molecule has 0 aliphatic heterocycles. The number of alkyl halides is 3. The summed E-state index contributed by atoms with van der Waals surface area (Å²) in [6.45, 7) is 0.371. The van der Waals surface area contributed by atoms with Gasteiger partial charge in [0.05, 0.1) is 6.54 Å². The molecule has 0 unspecified atom stereocenters. The van der Waals surface area contributed by atoms with E-state index in [4.69, 9.17) is 0 Å². The second kappa shape index (κ2) is 10.7. The van der Waals surface area contributed by atoms with Crippen molar-refractivity contribution in [2.24, 2.45) is 4.99 Å². The van der Waals surface area contributed by atoms with Crippen molar-refractivity contribution in [3.8, 4) is 0 Å². The van der Waals surface area contributed by atoms with Crippen LogP contribution in [0, 0.1) is 0 Å². The summed E-state index contributed by atoms with van der Waals surface area (Å²) < 4.78 is 36.5. The van der Waals surface area contributed by atoms with Gasteiger partial charge in [0, 0.05) is 26.7 Å². The first-order chi connectivity index (χ1) is 9.90. The molecule has 0 aromatic heterocycles. The number of hydrogen-bond acceptors (Lipinski definition) is 2. The first-order valence-electron chi connectivity index (χ1n) is 6.64. The molecule has 0 aliphatic rings. The number of rotatable bonds is 6. The largest absolute Gasteiger partial charge is 0.401 e. The van der Waals surface area contributed by atoms with Crippen LogP contribution in [0.4, 0.5) is 13.2 Å². The highest BCUT2D eigenvalue weighted by Crippen LogP contribution is 2.14. The zero-order chi connectivity index (χ0) is 15.7. The van der Waals surface area contributed by atoms with Gasteiger partial charge in [0.25, 0.3) is 0 Å². The van der Waals surface area contributed by atoms with E-state index in [0.717, 1.165) is 5.56 Å². The van der Waals surface area contributed by atoms with Gasteiger partial charge in [-0.05, 0) is 12.6 Å². The average Bonchev–Trinajstić information content (AvgIpc) is 2.41. The number of likely N-dealkylation sites (N-methyl/N-ethyl adjacent to an activating group) is 1. The molecule has 4 nitrogen and oxygen atoms in total. The highest BCUT2D eigenvalue weighted by atomic mass is 127. The molecule has 0 atom stereocenters. The Labute approximate surface area is 146 Å². The maximum Gasteiger partial charge on any atom is 0.401 e. The van der Waals surface area contributed by atoms with Crippen molar-refractivity contribution < 1.29 is 13.2 Å². The van der Waals surface area contributed by atoms with E-state index in [-0.39, 0.29) is 30.5 Å². The van der Waals surface area contributed by atoms with Gasteiger partial charge in [0.1, 0.15) is 0 Å². The lowest BCUT2D eigenvalue weighted by atomic mass is 10.2. The van der Waals surface area contributed by atoms with Crippen LogP contribution in [0.3, 0.4) is 0 Å². The fourth-order valence-electron chi connectivity index (χ4n) is 1.75. The van der Waals surface area contributed by atoms with Crippen molar-refractivity contribution in [2.75, 3.05) is 33.7 Å². The second-order valence-electron chi connectivity index (χ2n) is 4.69. The fraction of sp³-hybridized carbons (Fsp3) is 0.500. The summed E-state index contributed by atoms with van der Waals surface area (Å²) in [7, 11) is 3.06. The van der Waals surface area contributed by atoms with Crippen LogP contribution in [0.5, 0.6) is 0 Å². The lowest BCUT2D eigenvalue weighted by Crippen LogP contribution is -2.42. The standard InChI is InChI=1S/C14H21F3N4.HI/c1-18-13(20-10-12-6-4-3-5-7-12)19-8-9-21(2)11-14(15,16)17;/h3-7H,8-11H2,1-2H3,(H2,18,19,20);1H. The Bertz CT molecular complexity index is 437. The molecule has 2 N–H and O–H groups in total. The van der Waals surface area contributed by atoms with E-state index in [2.05, 4.69) is 15.6 Å². The van der Waals surface area contributed by atoms with Crippen molar-refractivity contribution in [1.29, 1.82) is 0 Å². The Kier molecular flexibility index (Phi) is 10.2. The van der Waals surface area contributed by atoms with E-state index in [1.807, 2.05) is 30.3 Å². The van der Waals surface area contributed by atoms with Gasteiger partial charge >= 0.3 is 6.18 Å². The molecule has 8 heteroatoms. The quantitative estimate of drug-likeness (QED) is 0.414. The van der Waals surface area contributed by atoms with Crippen molar-refractivity contribution in [2.45, 2.75) is 12.7 Å². The normalized spacial score (nSPS) is 12.0. The predicted octanol–water partition coefficient (Wildman–Crippen LogP) is 2.46. The molecule has 126 valence electrons. The Morgan fingerprint density at radius 1 is 1.18 bits per heavy atom. The van der Waals surface area contributed by atoms with Crippen LogP contribution < -0.4 is 10.6 Å². The average molecular weight is 430 g/mol. The van der Waals surface area contributed by atoms with Crippen LogP contribution in [0.1, 0.15) is 5.56 Å². The molecular weight excluding hydrogens is 408 g/mol. The summed E-state index contributed by atoms with van der Waals surface area (Å²) in [4.78, 5) is 5.25. The Hall–Kier alpha value is -1.03. The van der Waals surface area contributed by atoms with Crippen molar-refractivity contribution in [1.82, 2.24) is 15.5 Å². The van der Waals surface area contributed by atoms with Crippen LogP contribution in [0.2, 0.25) is 0 Å². The van der Waals surface area contributed by atoms with E-state index in [1.54, 1.807) is 7.05 Å². The molecule has 22 heavy (non-hydrogen) atoms. The van der Waals surface area contributed by atoms with Gasteiger partial charge in [-0.1, -0.05) is 30.3 Å². The van der Waals surface area contributed by atoms with Crippen molar-refractivity contribution in [3.05, 3.63) is 35.9 Å². The lowest BCUT2D eigenvalue weighted by Gasteiger charge is -2.19. The zero-order valence-corrected chi connectivity index (χ0v) is 15.0. The monoisotopic (exact) mass is 430 g/mol. The van der Waals surface area contributed by atoms with Gasteiger partial charge in [-0.25, -0.2) is 0 Å². The summed E-state index contributed by atoms with van der Waals surface area (Å²) in [5.74, 6) is 0.569. The molecule has 0 radical (unpaired) electrons. The molecule has 0 fully saturated rings. The maximum absolute atomic E-state index is 12.2. The molecule has 0 saturated heterocycles. The van der Waals surface area contributed by atoms with Crippen molar-refractivity contribution >= 4 is 29.9 Å². The summed E-state index contributed by atoms with van der Waals surface area (Å²) in [6, 6.07) is 9.79. The van der Waals surface area contributed by atoms with Crippen LogP contribution in [0.15, 0.2) is 35.3 Å². The van der Waals surface area contributed by atoms with E-state index < -0.39 is 12.7 Å². The minimum Gasteiger partial charge on any atom is -0.355 e. The van der Waals surface area contributed by atoms with Crippen LogP contribution in [0.25, 0.3) is 0 Å². The van der Waals surface area contributed by atoms with Crippen LogP contribution in [-0.4, -0.2) is 50.8 Å². The highest BCUT2D eigenvalue weighted by molar-refractivity contribution is 14.0. The number of benzene rings is 1. The highest BCUT2D eigenvalue weighted by Gasteiger charge is 2.28. The van der Waals surface area contributed by atoms with Gasteiger partial charge in [-0.2, -0.15) is 13.2 Å². The van der Waals surface area contributed by atoms with E-state index >= 15 is 0 Å². The summed E-state index contributed by atoms with van der Waals surface area (Å²) in [5, 5.41) is 6.09. The third-order valence-corrected chi connectivity index (χ3v) is 2.76. The van der Waals surface area contributed by atoms with Gasteiger partial charge in [-0.15, -0.1) is 24.0 Å². The summed E-state index contributed by atoms with van der Waals surface area (Å²) >= 11 is 0. The Morgan fingerprint density at radius 3 is 2.36 bits per heavy atom. The molecule has 0 bridgehead atoms. The second-order valence-corrected chi connectivity index (χ2v) is 4.69. The first kappa shape index (κ1) is 21.0. The third kappa shape index (κ3) is 9.82. The number of nitrogens with one attached hydrogen (secondary N) is 2. The molecule has 0 saturated carbocycles. The topological polar surface area (TPSA) is 39.7 Å². The molecule has 1 rings (SSSR count). The first-order valence-corrected chi connectivity index (χ1v) is 6.64. The number of halogens is 4. The Morgan fingerprint density at radius 2 is 1.82 bits per heavy atom. The Balaban J connectivity index is 0.00000441. The van der Waals surface area contributed by atoms with E-state index in [1.165, 1.54) is 11.9 Å². The fourth-order valence-corrected chi connectivity index (χ4v) is 1.75. The van der Waals surface area contributed by atoms with Gasteiger partial charge in [0.2, 0.25) is 0 Å². The molecular formula is C14H22F3IN4. The lowest BCUT2D eigenvalue weighted by molar-refractivity contribution is -0.142. The third-order valence-electron chi connectivity index (χ3n) is 2.76. The number of hydrogen-bond donors (Lipinski definition) is 2. The minimum atomic E-state index is -4.16. The summed E-state index contributed by atoms with van der Waals surface area (Å²) in [6.07, 6.45) is -4.16. The molecule has 0 heterocycles. The number of guanidine groups is 1. The number of aliphatic imine (C=N–C) groups is 1.